The summed E-state index contributed by atoms with van der Waals surface area (Å²) in [7, 11) is 4.05. The fourth-order valence-electron chi connectivity index (χ4n) is 4.38. The quantitative estimate of drug-likeness (QED) is 0.628. The van der Waals surface area contributed by atoms with Crippen molar-refractivity contribution in [1.82, 2.24) is 4.90 Å². The molecule has 2 unspecified atom stereocenters. The van der Waals surface area contributed by atoms with Gasteiger partial charge in [0, 0.05) is 26.3 Å². The van der Waals surface area contributed by atoms with E-state index in [0.29, 0.717) is 6.42 Å². The molecular formula is C26H28N2O2. The average molecular weight is 401 g/mol. The third kappa shape index (κ3) is 4.10. The summed E-state index contributed by atoms with van der Waals surface area (Å²) in [6.07, 6.45) is 1.61. The molecule has 0 saturated carbocycles. The van der Waals surface area contributed by atoms with Gasteiger partial charge in [-0.3, -0.25) is 9.69 Å². The van der Waals surface area contributed by atoms with Crippen LogP contribution in [0.4, 0.5) is 5.69 Å². The molecule has 0 aliphatic carbocycles. The Kier molecular flexibility index (Phi) is 5.86. The zero-order chi connectivity index (χ0) is 21.1. The fourth-order valence-corrected chi connectivity index (χ4v) is 4.38. The van der Waals surface area contributed by atoms with Gasteiger partial charge in [-0.25, -0.2) is 0 Å². The number of hydrogen-bond acceptors (Lipinski definition) is 3. The van der Waals surface area contributed by atoms with Gasteiger partial charge in [0.1, 0.15) is 6.04 Å². The highest BCUT2D eigenvalue weighted by molar-refractivity contribution is 5.74. The number of rotatable bonds is 6. The molecule has 1 aliphatic rings. The number of aliphatic carboxylic acids is 1. The first-order valence-electron chi connectivity index (χ1n) is 10.5. The zero-order valence-corrected chi connectivity index (χ0v) is 17.5. The van der Waals surface area contributed by atoms with Gasteiger partial charge in [0.05, 0.1) is 6.04 Å². The van der Waals surface area contributed by atoms with Crippen molar-refractivity contribution in [2.75, 3.05) is 25.5 Å². The number of hydrogen-bond donors (Lipinski definition) is 1. The van der Waals surface area contributed by atoms with Crippen molar-refractivity contribution in [2.24, 2.45) is 0 Å². The molecular weight excluding hydrogens is 372 g/mol. The Morgan fingerprint density at radius 3 is 2.03 bits per heavy atom. The summed E-state index contributed by atoms with van der Waals surface area (Å²) in [5, 5.41) is 9.79. The van der Waals surface area contributed by atoms with E-state index in [0.717, 1.165) is 35.3 Å². The molecule has 1 aliphatic heterocycles. The Morgan fingerprint density at radius 2 is 1.47 bits per heavy atom. The number of anilines is 1. The minimum atomic E-state index is -0.733. The van der Waals surface area contributed by atoms with Gasteiger partial charge in [-0.1, -0.05) is 66.7 Å². The first-order valence-corrected chi connectivity index (χ1v) is 10.5. The van der Waals surface area contributed by atoms with E-state index in [-0.39, 0.29) is 6.04 Å². The number of carbonyl (C=O) groups is 1. The zero-order valence-electron chi connectivity index (χ0n) is 17.5. The second-order valence-electron chi connectivity index (χ2n) is 8.11. The van der Waals surface area contributed by atoms with Gasteiger partial charge in [0.15, 0.2) is 0 Å². The smallest absolute Gasteiger partial charge is 0.320 e. The Morgan fingerprint density at radius 1 is 0.900 bits per heavy atom. The maximum Gasteiger partial charge on any atom is 0.320 e. The van der Waals surface area contributed by atoms with E-state index in [2.05, 4.69) is 70.5 Å². The van der Waals surface area contributed by atoms with Crippen LogP contribution < -0.4 is 4.90 Å². The Labute approximate surface area is 178 Å². The third-order valence-corrected chi connectivity index (χ3v) is 5.97. The van der Waals surface area contributed by atoms with Gasteiger partial charge in [-0.2, -0.15) is 0 Å². The summed E-state index contributed by atoms with van der Waals surface area (Å²) in [5.74, 6) is -0.733. The van der Waals surface area contributed by atoms with E-state index in [1.807, 2.05) is 32.3 Å². The summed E-state index contributed by atoms with van der Waals surface area (Å²) in [5.41, 5.74) is 5.73. The molecule has 3 aromatic rings. The van der Waals surface area contributed by atoms with Crippen LogP contribution in [0.2, 0.25) is 0 Å². The van der Waals surface area contributed by atoms with Crippen LogP contribution in [-0.4, -0.2) is 42.7 Å². The molecule has 0 bridgehead atoms. The minimum Gasteiger partial charge on any atom is -0.480 e. The molecule has 1 fully saturated rings. The van der Waals surface area contributed by atoms with Gasteiger partial charge in [0.2, 0.25) is 0 Å². The summed E-state index contributed by atoms with van der Waals surface area (Å²) in [6.45, 7) is 0.789. The molecule has 4 rings (SSSR count). The summed E-state index contributed by atoms with van der Waals surface area (Å²) < 4.78 is 0. The minimum absolute atomic E-state index is 0.0744. The maximum atomic E-state index is 11.9. The first kappa shape index (κ1) is 20.2. The maximum absolute atomic E-state index is 11.9. The van der Waals surface area contributed by atoms with Crippen LogP contribution in [0.1, 0.15) is 30.0 Å². The molecule has 1 heterocycles. The lowest BCUT2D eigenvalue weighted by Crippen LogP contribution is -2.39. The highest BCUT2D eigenvalue weighted by atomic mass is 16.4. The second-order valence-corrected chi connectivity index (χ2v) is 8.11. The van der Waals surface area contributed by atoms with Crippen LogP contribution in [0.15, 0.2) is 78.9 Å². The van der Waals surface area contributed by atoms with Crippen LogP contribution in [-0.2, 0) is 4.79 Å². The van der Waals surface area contributed by atoms with Gasteiger partial charge < -0.3 is 10.0 Å². The van der Waals surface area contributed by atoms with Gasteiger partial charge in [-0.15, -0.1) is 0 Å². The molecule has 0 amide bonds. The van der Waals surface area contributed by atoms with Crippen LogP contribution in [0.25, 0.3) is 11.1 Å². The van der Waals surface area contributed by atoms with Crippen molar-refractivity contribution in [2.45, 2.75) is 24.9 Å². The number of nitrogens with zero attached hydrogens (tertiary/aromatic N) is 2. The largest absolute Gasteiger partial charge is 0.480 e. The molecule has 1 N–H and O–H groups in total. The SMILES string of the molecule is CN(C)c1ccc(C(c2ccc(-c3ccccc3)cc2)N2CCCC2C(=O)O)cc1. The number of carboxylic acids is 1. The Hall–Kier alpha value is -3.11. The average Bonchev–Trinajstić information content (AvgIpc) is 3.25. The molecule has 2 atom stereocenters. The van der Waals surface area contributed by atoms with Crippen molar-refractivity contribution in [3.63, 3.8) is 0 Å². The van der Waals surface area contributed by atoms with E-state index in [9.17, 15) is 9.90 Å². The molecule has 0 spiro atoms. The van der Waals surface area contributed by atoms with Gasteiger partial charge in [0.25, 0.3) is 0 Å². The van der Waals surface area contributed by atoms with Crippen LogP contribution in [0.3, 0.4) is 0 Å². The second kappa shape index (κ2) is 8.72. The monoisotopic (exact) mass is 400 g/mol. The lowest BCUT2D eigenvalue weighted by Gasteiger charge is -2.32. The number of benzene rings is 3. The Bertz CT molecular complexity index is 982. The van der Waals surface area contributed by atoms with E-state index < -0.39 is 12.0 Å². The topological polar surface area (TPSA) is 43.8 Å². The highest BCUT2D eigenvalue weighted by Gasteiger charge is 2.36. The van der Waals surface area contributed by atoms with E-state index in [1.54, 1.807) is 0 Å². The summed E-state index contributed by atoms with van der Waals surface area (Å²) >= 11 is 0. The van der Waals surface area contributed by atoms with E-state index in [1.165, 1.54) is 5.56 Å². The molecule has 4 nitrogen and oxygen atoms in total. The van der Waals surface area contributed by atoms with Crippen molar-refractivity contribution in [1.29, 1.82) is 0 Å². The van der Waals surface area contributed by atoms with Crippen molar-refractivity contribution < 1.29 is 9.90 Å². The lowest BCUT2D eigenvalue weighted by molar-refractivity contribution is -0.142. The van der Waals surface area contributed by atoms with Crippen LogP contribution >= 0.6 is 0 Å². The lowest BCUT2D eigenvalue weighted by atomic mass is 9.94. The molecule has 3 aromatic carbocycles. The highest BCUT2D eigenvalue weighted by Crippen LogP contribution is 2.36. The predicted molar refractivity (Wildman–Crippen MR) is 122 cm³/mol. The fraction of sp³-hybridized carbons (Fsp3) is 0.269. The summed E-state index contributed by atoms with van der Waals surface area (Å²) in [6, 6.07) is 26.8. The third-order valence-electron chi connectivity index (χ3n) is 5.97. The van der Waals surface area contributed by atoms with Crippen molar-refractivity contribution in [3.05, 3.63) is 90.0 Å². The molecule has 0 radical (unpaired) electrons. The first-order chi connectivity index (χ1) is 14.5. The van der Waals surface area contributed by atoms with Crippen molar-refractivity contribution >= 4 is 11.7 Å². The molecule has 30 heavy (non-hydrogen) atoms. The molecule has 4 heteroatoms. The standard InChI is InChI=1S/C26H28N2O2/c1-27(2)23-16-14-22(15-17-23)25(28-18-6-9-24(28)26(29)30)21-12-10-20(11-13-21)19-7-4-3-5-8-19/h3-5,7-8,10-17,24-25H,6,9,18H2,1-2H3,(H,29,30). The summed E-state index contributed by atoms with van der Waals surface area (Å²) in [4.78, 5) is 16.1. The predicted octanol–water partition coefficient (Wildman–Crippen LogP) is 5.06. The normalized spacial score (nSPS) is 17.6. The number of likely N-dealkylation sites (tertiary alicyclic amines) is 1. The van der Waals surface area contributed by atoms with Gasteiger partial charge in [-0.05, 0) is 47.2 Å². The molecule has 154 valence electrons. The van der Waals surface area contributed by atoms with E-state index >= 15 is 0 Å². The molecule has 1 saturated heterocycles. The Balaban J connectivity index is 1.72. The van der Waals surface area contributed by atoms with E-state index in [4.69, 9.17) is 0 Å². The van der Waals surface area contributed by atoms with Crippen molar-refractivity contribution in [3.8, 4) is 11.1 Å². The molecule has 0 aromatic heterocycles. The van der Waals surface area contributed by atoms with Crippen LogP contribution in [0, 0.1) is 0 Å². The van der Waals surface area contributed by atoms with Gasteiger partial charge >= 0.3 is 5.97 Å². The van der Waals surface area contributed by atoms with Crippen LogP contribution in [0.5, 0.6) is 0 Å². The number of carboxylic acid groups (broad SMARTS) is 1.